The Labute approximate surface area is 162 Å². The fraction of sp³-hybridized carbons (Fsp3) is 0.316. The molecule has 2 aliphatic rings. The molecule has 5 heterocycles. The van der Waals surface area contributed by atoms with Crippen molar-refractivity contribution in [3.8, 4) is 22.6 Å². The van der Waals surface area contributed by atoms with Crippen molar-refractivity contribution in [3.05, 3.63) is 41.9 Å². The van der Waals surface area contributed by atoms with Crippen molar-refractivity contribution >= 4 is 11.0 Å². The Morgan fingerprint density at radius 2 is 2.03 bits per heavy atom. The summed E-state index contributed by atoms with van der Waals surface area (Å²) in [7, 11) is 0. The van der Waals surface area contributed by atoms with Gasteiger partial charge in [0.1, 0.15) is 23.4 Å². The molecule has 4 aromatic heterocycles. The van der Waals surface area contributed by atoms with Crippen LogP contribution in [0.5, 0.6) is 0 Å². The van der Waals surface area contributed by atoms with E-state index in [-0.39, 0.29) is 0 Å². The molecule has 0 bridgehead atoms. The SMILES string of the molecule is Cc1nc(-c2c(-c3ccc(F)cn3)nn3c2CC[C@H]2[C@@H]3C2(F)F)c2cn[nH]c2n1. The van der Waals surface area contributed by atoms with Gasteiger partial charge in [0, 0.05) is 5.69 Å². The van der Waals surface area contributed by atoms with Crippen LogP contribution in [0.15, 0.2) is 24.5 Å². The summed E-state index contributed by atoms with van der Waals surface area (Å²) in [5.41, 5.74) is 3.23. The summed E-state index contributed by atoms with van der Waals surface area (Å²) in [6, 6.07) is 1.82. The number of aromatic nitrogens is 7. The predicted octanol–water partition coefficient (Wildman–Crippen LogP) is 3.48. The summed E-state index contributed by atoms with van der Waals surface area (Å²) in [4.78, 5) is 13.1. The van der Waals surface area contributed by atoms with Gasteiger partial charge in [-0.3, -0.25) is 14.8 Å². The molecular weight excluding hydrogens is 383 g/mol. The highest BCUT2D eigenvalue weighted by Gasteiger charge is 2.71. The third-order valence-electron chi connectivity index (χ3n) is 5.75. The van der Waals surface area contributed by atoms with Crippen molar-refractivity contribution in [3.63, 3.8) is 0 Å². The van der Waals surface area contributed by atoms with Crippen molar-refractivity contribution < 1.29 is 13.2 Å². The van der Waals surface area contributed by atoms with Gasteiger partial charge in [-0.25, -0.2) is 23.1 Å². The van der Waals surface area contributed by atoms with E-state index in [9.17, 15) is 13.2 Å². The number of aromatic amines is 1. The van der Waals surface area contributed by atoms with E-state index in [4.69, 9.17) is 0 Å². The Hall–Kier alpha value is -3.30. The quantitative estimate of drug-likeness (QED) is 0.560. The lowest BCUT2D eigenvalue weighted by molar-refractivity contribution is 0.0850. The molecule has 0 unspecified atom stereocenters. The molecule has 4 aromatic rings. The third-order valence-corrected chi connectivity index (χ3v) is 5.75. The highest BCUT2D eigenvalue weighted by atomic mass is 19.3. The van der Waals surface area contributed by atoms with E-state index in [0.717, 1.165) is 6.20 Å². The van der Waals surface area contributed by atoms with Crippen LogP contribution in [-0.2, 0) is 6.42 Å². The number of H-pyrrole nitrogens is 1. The number of aryl methyl sites for hydroxylation is 1. The van der Waals surface area contributed by atoms with Gasteiger partial charge >= 0.3 is 0 Å². The monoisotopic (exact) mass is 397 g/mol. The van der Waals surface area contributed by atoms with Gasteiger partial charge in [0.15, 0.2) is 5.65 Å². The number of halogens is 3. The standard InChI is InChI=1S/C19H14F3N7/c1-8-25-15(10-7-24-27-18(10)26-8)14-13-5-3-11-17(19(11,21)22)29(13)28-16(14)12-4-2-9(20)6-23-12/h2,4,6-7,11,17H,3,5H2,1H3,(H,24,25,26,27)/t11-,17+/m0/s1. The molecule has 1 fully saturated rings. The minimum Gasteiger partial charge on any atom is -0.261 e. The third kappa shape index (κ3) is 2.22. The van der Waals surface area contributed by atoms with E-state index in [2.05, 4.69) is 30.2 Å². The largest absolute Gasteiger partial charge is 0.275 e. The van der Waals surface area contributed by atoms with Crippen LogP contribution in [0.3, 0.4) is 0 Å². The first-order valence-corrected chi connectivity index (χ1v) is 9.24. The Morgan fingerprint density at radius 1 is 1.17 bits per heavy atom. The number of nitrogens with one attached hydrogen (secondary N) is 1. The molecule has 29 heavy (non-hydrogen) atoms. The van der Waals surface area contributed by atoms with Crippen molar-refractivity contribution in [1.82, 2.24) is 34.9 Å². The van der Waals surface area contributed by atoms with Crippen LogP contribution < -0.4 is 0 Å². The van der Waals surface area contributed by atoms with E-state index in [1.165, 1.54) is 16.8 Å². The summed E-state index contributed by atoms with van der Waals surface area (Å²) >= 11 is 0. The van der Waals surface area contributed by atoms with Crippen LogP contribution in [0.4, 0.5) is 13.2 Å². The average molecular weight is 397 g/mol. The average Bonchev–Trinajstić information content (AvgIpc) is 3.07. The van der Waals surface area contributed by atoms with Crippen molar-refractivity contribution in [2.75, 3.05) is 0 Å². The fourth-order valence-corrected chi connectivity index (χ4v) is 4.37. The van der Waals surface area contributed by atoms with E-state index in [0.29, 0.717) is 58.0 Å². The minimum absolute atomic E-state index is 0.380. The topological polar surface area (TPSA) is 85.2 Å². The number of nitrogens with zero attached hydrogens (tertiary/aromatic N) is 6. The molecule has 0 spiro atoms. The summed E-state index contributed by atoms with van der Waals surface area (Å²) in [5, 5.41) is 12.1. The van der Waals surface area contributed by atoms with Gasteiger partial charge in [0.2, 0.25) is 0 Å². The maximum atomic E-state index is 14.3. The molecule has 0 amide bonds. The smallest absolute Gasteiger partial charge is 0.261 e. The van der Waals surface area contributed by atoms with E-state index < -0.39 is 23.7 Å². The second-order valence-electron chi connectivity index (χ2n) is 7.49. The predicted molar refractivity (Wildman–Crippen MR) is 96.6 cm³/mol. The number of pyridine rings is 1. The molecule has 0 radical (unpaired) electrons. The van der Waals surface area contributed by atoms with Gasteiger partial charge in [-0.1, -0.05) is 0 Å². The van der Waals surface area contributed by atoms with Gasteiger partial charge in [-0.2, -0.15) is 10.2 Å². The van der Waals surface area contributed by atoms with E-state index >= 15 is 0 Å². The summed E-state index contributed by atoms with van der Waals surface area (Å²) in [5.74, 6) is -3.43. The van der Waals surface area contributed by atoms with Gasteiger partial charge in [0.25, 0.3) is 5.92 Å². The maximum absolute atomic E-state index is 14.3. The van der Waals surface area contributed by atoms with Crippen molar-refractivity contribution in [2.45, 2.75) is 31.7 Å². The first-order chi connectivity index (χ1) is 13.9. The van der Waals surface area contributed by atoms with Crippen LogP contribution in [0.2, 0.25) is 0 Å². The second-order valence-corrected chi connectivity index (χ2v) is 7.49. The first kappa shape index (κ1) is 16.6. The Morgan fingerprint density at radius 3 is 2.83 bits per heavy atom. The van der Waals surface area contributed by atoms with Crippen LogP contribution in [-0.4, -0.2) is 40.9 Å². The Balaban J connectivity index is 1.66. The van der Waals surface area contributed by atoms with E-state index in [1.54, 1.807) is 13.1 Å². The molecular formula is C19H14F3N7. The number of hydrogen-bond acceptors (Lipinski definition) is 5. The molecule has 146 valence electrons. The fourth-order valence-electron chi connectivity index (χ4n) is 4.37. The molecule has 1 aliphatic carbocycles. The molecule has 1 N–H and O–H groups in total. The molecule has 2 atom stereocenters. The minimum atomic E-state index is -2.77. The summed E-state index contributed by atoms with van der Waals surface area (Å²) in [6.45, 7) is 1.75. The zero-order chi connectivity index (χ0) is 19.9. The van der Waals surface area contributed by atoms with Crippen molar-refractivity contribution in [2.24, 2.45) is 5.92 Å². The lowest BCUT2D eigenvalue weighted by atomic mass is 9.99. The van der Waals surface area contributed by atoms with Crippen LogP contribution in [0, 0.1) is 18.7 Å². The van der Waals surface area contributed by atoms with Gasteiger partial charge in [-0.15, -0.1) is 0 Å². The lowest BCUT2D eigenvalue weighted by Gasteiger charge is -2.13. The van der Waals surface area contributed by atoms with Crippen molar-refractivity contribution in [1.29, 1.82) is 0 Å². The van der Waals surface area contributed by atoms with E-state index in [1.807, 2.05) is 0 Å². The Kier molecular flexibility index (Phi) is 3.10. The molecule has 0 saturated heterocycles. The Bertz CT molecular complexity index is 1280. The van der Waals surface area contributed by atoms with Gasteiger partial charge in [0.05, 0.1) is 40.6 Å². The summed E-state index contributed by atoms with van der Waals surface area (Å²) < 4.78 is 43.4. The number of hydrogen-bond donors (Lipinski definition) is 1. The molecule has 1 saturated carbocycles. The highest BCUT2D eigenvalue weighted by Crippen LogP contribution is 2.63. The second kappa shape index (κ2) is 5.40. The zero-order valence-electron chi connectivity index (χ0n) is 15.2. The molecule has 7 nitrogen and oxygen atoms in total. The first-order valence-electron chi connectivity index (χ1n) is 9.24. The summed E-state index contributed by atoms with van der Waals surface area (Å²) in [6.07, 6.45) is 3.52. The van der Waals surface area contributed by atoms with Crippen LogP contribution in [0.25, 0.3) is 33.7 Å². The molecule has 1 aliphatic heterocycles. The van der Waals surface area contributed by atoms with Crippen LogP contribution in [0.1, 0.15) is 24.0 Å². The molecule has 6 rings (SSSR count). The number of rotatable bonds is 2. The normalized spacial score (nSPS) is 21.8. The highest BCUT2D eigenvalue weighted by molar-refractivity contribution is 5.95. The lowest BCUT2D eigenvalue weighted by Crippen LogP contribution is -2.11. The molecule has 0 aromatic carbocycles. The number of alkyl halides is 2. The maximum Gasteiger partial charge on any atom is 0.275 e. The zero-order valence-corrected chi connectivity index (χ0v) is 15.2. The van der Waals surface area contributed by atoms with Crippen LogP contribution >= 0.6 is 0 Å². The van der Waals surface area contributed by atoms with Gasteiger partial charge in [-0.05, 0) is 31.9 Å². The number of fused-ring (bicyclic) bond motifs is 4. The molecule has 10 heteroatoms. The van der Waals surface area contributed by atoms with Gasteiger partial charge < -0.3 is 0 Å².